The number of hydroxylamine groups is 3. The Balaban J connectivity index is 1.10. The number of benzene rings is 5. The fourth-order valence-electron chi connectivity index (χ4n) is 10.2. The standard InChI is InChI=1S/C56H58ClN4O14P/c1-7-61(8-2,9-3)75-76(66,73-46-30-20-17-27-43(46)57)74-47-33-50(72-48(47)34-67-56(38-21-11-10-12-22-38)41-25-15-18-28-44(41)71-45-29-19-16-26-42(45)56)60-32-31-49(59-55(60)65)58-51-39-23-13-14-24-40(39)52(68-35(4)62)54(70-37(6)64)53(51)69-36(5)63/h10-32,47-48,50-54H,7-9,33-34H2,1-6H3/p+1/t47-,48+,50+,51-,52+,53+,54-,76?/m0/s1. The molecule has 76 heavy (non-hydrogen) atoms. The number of hydrogen-bond donors (Lipinski definition) is 1. The van der Waals surface area contributed by atoms with Crippen LogP contribution >= 0.6 is 19.8 Å². The van der Waals surface area contributed by atoms with Crippen molar-refractivity contribution in [1.29, 1.82) is 0 Å². The van der Waals surface area contributed by atoms with Crippen molar-refractivity contribution < 1.29 is 66.0 Å². The van der Waals surface area contributed by atoms with Crippen LogP contribution in [-0.4, -0.2) is 82.8 Å². The minimum Gasteiger partial charge on any atom is -0.594 e. The van der Waals surface area contributed by atoms with Gasteiger partial charge in [-0.3, -0.25) is 23.5 Å². The van der Waals surface area contributed by atoms with Crippen molar-refractivity contribution in [1.82, 2.24) is 9.55 Å². The van der Waals surface area contributed by atoms with E-state index >= 15 is 4.89 Å². The Bertz CT molecular complexity index is 3070. The number of aromatic nitrogens is 2. The van der Waals surface area contributed by atoms with Gasteiger partial charge in [0.25, 0.3) is 0 Å². The number of hydrogen-bond acceptors (Lipinski definition) is 16. The molecule has 0 radical (unpaired) electrons. The summed E-state index contributed by atoms with van der Waals surface area (Å²) in [4.78, 5) is 72.0. The van der Waals surface area contributed by atoms with Gasteiger partial charge in [-0.2, -0.15) is 9.51 Å². The van der Waals surface area contributed by atoms with Crippen LogP contribution in [0.4, 0.5) is 5.82 Å². The number of halogens is 1. The predicted octanol–water partition coefficient (Wildman–Crippen LogP) is 9.24. The van der Waals surface area contributed by atoms with Crippen LogP contribution in [0, 0.1) is 0 Å². The highest BCUT2D eigenvalue weighted by molar-refractivity contribution is 7.54. The van der Waals surface area contributed by atoms with Crippen LogP contribution in [0.25, 0.3) is 0 Å². The Kier molecular flexibility index (Phi) is 16.3. The van der Waals surface area contributed by atoms with E-state index in [2.05, 4.69) is 10.3 Å². The molecule has 0 amide bonds. The summed E-state index contributed by atoms with van der Waals surface area (Å²) in [7, 11) is -4.67. The Morgan fingerprint density at radius 3 is 1.96 bits per heavy atom. The number of anilines is 1. The first-order valence-electron chi connectivity index (χ1n) is 25.1. The van der Waals surface area contributed by atoms with E-state index in [0.717, 1.165) is 16.7 Å². The molecule has 6 aromatic rings. The highest BCUT2D eigenvalue weighted by Crippen LogP contribution is 2.60. The molecule has 20 heteroatoms. The molecule has 5 aromatic carbocycles. The Hall–Kier alpha value is -6.73. The predicted molar refractivity (Wildman–Crippen MR) is 278 cm³/mol. The van der Waals surface area contributed by atoms with Crippen LogP contribution in [0.5, 0.6) is 17.2 Å². The maximum atomic E-state index is 15.5. The zero-order valence-electron chi connectivity index (χ0n) is 42.7. The molecule has 0 saturated carbocycles. The minimum absolute atomic E-state index is 0.0527. The lowest BCUT2D eigenvalue weighted by Gasteiger charge is -2.42. The molecular formula is C56H59ClN4O14P+. The summed E-state index contributed by atoms with van der Waals surface area (Å²) in [6, 6.07) is 39.0. The number of nitrogens with zero attached hydrogens (tertiary/aromatic N) is 3. The number of fused-ring (bicyclic) bond motifs is 3. The van der Waals surface area contributed by atoms with Crippen molar-refractivity contribution in [3.05, 3.63) is 183 Å². The molecule has 0 spiro atoms. The summed E-state index contributed by atoms with van der Waals surface area (Å²) in [5, 5.41) is 3.40. The number of esters is 3. The Morgan fingerprint density at radius 1 is 0.763 bits per heavy atom. The smallest absolute Gasteiger partial charge is 0.494 e. The quantitative estimate of drug-likeness (QED) is 0.0264. The number of rotatable bonds is 19. The molecular weight excluding hydrogens is 1020 g/mol. The molecule has 1 aliphatic carbocycles. The van der Waals surface area contributed by atoms with Gasteiger partial charge in [0.1, 0.15) is 55.4 Å². The summed E-state index contributed by atoms with van der Waals surface area (Å²) in [5.74, 6) is -0.794. The summed E-state index contributed by atoms with van der Waals surface area (Å²) >= 11 is 6.61. The number of carbonyl (C=O) groups excluding carboxylic acids is 3. The van der Waals surface area contributed by atoms with Crippen molar-refractivity contribution >= 4 is 43.5 Å². The van der Waals surface area contributed by atoms with Gasteiger partial charge in [-0.1, -0.05) is 115 Å². The molecule has 3 aliphatic rings. The molecule has 398 valence electrons. The third-order valence-electron chi connectivity index (χ3n) is 13.8. The Morgan fingerprint density at radius 2 is 1.34 bits per heavy atom. The van der Waals surface area contributed by atoms with Crippen molar-refractivity contribution in [3.8, 4) is 17.2 Å². The number of phosphoric acid groups is 1. The lowest BCUT2D eigenvalue weighted by atomic mass is 9.77. The monoisotopic (exact) mass is 1080 g/mol. The van der Waals surface area contributed by atoms with E-state index in [1.165, 1.54) is 37.6 Å². The molecule has 1 fully saturated rings. The van der Waals surface area contributed by atoms with Crippen molar-refractivity contribution in [2.24, 2.45) is 0 Å². The zero-order chi connectivity index (χ0) is 53.8. The maximum absolute atomic E-state index is 15.5. The molecule has 1 aromatic heterocycles. The number of para-hydroxylation sites is 3. The highest BCUT2D eigenvalue weighted by Gasteiger charge is 2.55. The zero-order valence-corrected chi connectivity index (χ0v) is 44.4. The SMILES string of the molecule is CC[N+](CC)(CC)O[P+]([O-])(Oc1ccccc1Cl)O[C@H]1C[C@H](n2ccc(N[C@H]3c4ccccc4[C@@H](OC(C)=O)[C@H](OC(C)=O)[C@@H]3OC(C)=O)nc2=O)O[C@@H]1COC1(c2ccccc2)c2ccccc2Oc2ccccc21. The van der Waals surface area contributed by atoms with Crippen LogP contribution in [0.3, 0.4) is 0 Å². The average molecular weight is 1080 g/mol. The van der Waals surface area contributed by atoms with Crippen LogP contribution in [-0.2, 0) is 52.8 Å². The number of nitrogens with one attached hydrogen (secondary N) is 1. The molecule has 18 nitrogen and oxygen atoms in total. The van der Waals surface area contributed by atoms with E-state index < -0.39 is 80.2 Å². The molecule has 1 N–H and O–H groups in total. The van der Waals surface area contributed by atoms with E-state index in [1.807, 2.05) is 99.6 Å². The lowest BCUT2D eigenvalue weighted by molar-refractivity contribution is -1.08. The van der Waals surface area contributed by atoms with Gasteiger partial charge >= 0.3 is 31.8 Å². The van der Waals surface area contributed by atoms with Crippen LogP contribution in [0.2, 0.25) is 5.02 Å². The topological polar surface area (TPSA) is 204 Å². The van der Waals surface area contributed by atoms with E-state index in [0.29, 0.717) is 42.3 Å². The molecule has 1 unspecified atom stereocenters. The summed E-state index contributed by atoms with van der Waals surface area (Å²) in [6.45, 7) is 10.4. The first-order valence-corrected chi connectivity index (χ1v) is 26.9. The van der Waals surface area contributed by atoms with Gasteiger partial charge in [0.2, 0.25) is 0 Å². The molecule has 1 saturated heterocycles. The van der Waals surface area contributed by atoms with E-state index in [9.17, 15) is 19.2 Å². The summed E-state index contributed by atoms with van der Waals surface area (Å²) < 4.78 is 58.3. The Labute approximate surface area is 445 Å². The van der Waals surface area contributed by atoms with Gasteiger partial charge in [0, 0.05) is 54.7 Å². The van der Waals surface area contributed by atoms with Crippen LogP contribution in [0.1, 0.15) is 94.2 Å². The van der Waals surface area contributed by atoms with Crippen LogP contribution in [0.15, 0.2) is 144 Å². The van der Waals surface area contributed by atoms with Crippen molar-refractivity contribution in [2.45, 2.75) is 96.4 Å². The van der Waals surface area contributed by atoms with Gasteiger partial charge in [0.05, 0.1) is 17.7 Å². The second-order valence-corrected chi connectivity index (χ2v) is 20.3. The van der Waals surface area contributed by atoms with Gasteiger partial charge in [-0.05, 0) is 62.2 Å². The van der Waals surface area contributed by atoms with Gasteiger partial charge in [0.15, 0.2) is 29.7 Å². The van der Waals surface area contributed by atoms with Gasteiger partial charge in [-0.15, -0.1) is 4.65 Å². The fourth-order valence-corrected chi connectivity index (χ4v) is 12.3. The highest BCUT2D eigenvalue weighted by atomic mass is 35.5. The number of quaternary nitrogens is 1. The first kappa shape index (κ1) is 54.1. The molecule has 2 aliphatic heterocycles. The average Bonchev–Trinajstić information content (AvgIpc) is 3.80. The first-order chi connectivity index (χ1) is 36.6. The van der Waals surface area contributed by atoms with Gasteiger partial charge in [-0.25, -0.2) is 4.79 Å². The third kappa shape index (κ3) is 11.1. The number of phosphoric ester groups is 1. The maximum Gasteiger partial charge on any atom is 0.494 e. The van der Waals surface area contributed by atoms with E-state index in [1.54, 1.807) is 48.5 Å². The number of ether oxygens (including phenoxy) is 6. The summed E-state index contributed by atoms with van der Waals surface area (Å²) in [5.41, 5.74) is 1.20. The summed E-state index contributed by atoms with van der Waals surface area (Å²) in [6.07, 6.45) is -5.55. The van der Waals surface area contributed by atoms with Gasteiger partial charge < -0.3 is 38.6 Å². The van der Waals surface area contributed by atoms with Crippen molar-refractivity contribution in [3.63, 3.8) is 0 Å². The second-order valence-electron chi connectivity index (χ2n) is 18.5. The second kappa shape index (κ2) is 22.9. The van der Waals surface area contributed by atoms with E-state index in [4.69, 9.17) is 53.7 Å². The largest absolute Gasteiger partial charge is 0.594 e. The molecule has 0 bridgehead atoms. The molecule has 9 rings (SSSR count). The lowest BCUT2D eigenvalue weighted by Crippen LogP contribution is -2.50. The van der Waals surface area contributed by atoms with E-state index in [-0.39, 0.29) is 34.3 Å². The van der Waals surface area contributed by atoms with Crippen LogP contribution < -0.4 is 25.2 Å². The normalized spacial score (nSPS) is 22.1. The minimum atomic E-state index is -4.67. The van der Waals surface area contributed by atoms with Crippen molar-refractivity contribution in [2.75, 3.05) is 31.6 Å². The third-order valence-corrected chi connectivity index (χ3v) is 15.6. The molecule has 3 heterocycles. The fraction of sp³-hybridized carbons (Fsp3) is 0.339. The number of carbonyl (C=O) groups is 3. The molecule has 8 atom stereocenters.